The van der Waals surface area contributed by atoms with E-state index in [1.807, 2.05) is 0 Å². The van der Waals surface area contributed by atoms with Gasteiger partial charge in [-0.05, 0) is 45.1 Å². The van der Waals surface area contributed by atoms with E-state index in [1.165, 1.54) is 19.4 Å². The number of nitrogens with one attached hydrogen (secondary N) is 1. The molecule has 0 unspecified atom stereocenters. The van der Waals surface area contributed by atoms with Crippen molar-refractivity contribution in [3.8, 4) is 0 Å². The number of amides is 1. The summed E-state index contributed by atoms with van der Waals surface area (Å²) in [6.45, 7) is 8.53. The van der Waals surface area contributed by atoms with E-state index in [-0.39, 0.29) is 18.3 Å². The first-order valence-corrected chi connectivity index (χ1v) is 7.97. The Hall–Kier alpha value is -0.320. The second-order valence-electron chi connectivity index (χ2n) is 6.65. The number of carbonyl (C=O) groups is 1. The zero-order valence-corrected chi connectivity index (χ0v) is 13.3. The van der Waals surface area contributed by atoms with Crippen molar-refractivity contribution in [3.63, 3.8) is 0 Å². The molecule has 2 saturated heterocycles. The van der Waals surface area contributed by atoms with Crippen LogP contribution in [0.1, 0.15) is 32.6 Å². The summed E-state index contributed by atoms with van der Waals surface area (Å²) in [6.07, 6.45) is 4.88. The van der Waals surface area contributed by atoms with E-state index in [9.17, 15) is 4.79 Å². The molecular formula is C15H28ClN3O. The molecule has 116 valence electrons. The molecule has 4 nitrogen and oxygen atoms in total. The van der Waals surface area contributed by atoms with E-state index in [1.54, 1.807) is 0 Å². The number of halogens is 1. The van der Waals surface area contributed by atoms with Gasteiger partial charge >= 0.3 is 0 Å². The minimum atomic E-state index is 0. The van der Waals surface area contributed by atoms with Crippen molar-refractivity contribution in [1.29, 1.82) is 0 Å². The van der Waals surface area contributed by atoms with Crippen LogP contribution in [-0.2, 0) is 4.79 Å². The average Bonchev–Trinajstić information content (AvgIpc) is 3.23. The molecule has 2 atom stereocenters. The molecular weight excluding hydrogens is 274 g/mol. The molecule has 5 heteroatoms. The Labute approximate surface area is 128 Å². The third-order valence-corrected chi connectivity index (χ3v) is 4.87. The first kappa shape index (κ1) is 16.1. The van der Waals surface area contributed by atoms with E-state index in [4.69, 9.17) is 0 Å². The Balaban J connectivity index is 0.00000147. The van der Waals surface area contributed by atoms with Gasteiger partial charge in [-0.15, -0.1) is 12.4 Å². The molecule has 0 radical (unpaired) electrons. The summed E-state index contributed by atoms with van der Waals surface area (Å²) in [5, 5.41) is 3.43. The lowest BCUT2D eigenvalue weighted by atomic mass is 9.92. The van der Waals surface area contributed by atoms with Crippen LogP contribution in [0.3, 0.4) is 0 Å². The maximum Gasteiger partial charge on any atom is 0.225 e. The zero-order chi connectivity index (χ0) is 13.2. The smallest absolute Gasteiger partial charge is 0.225 e. The van der Waals surface area contributed by atoms with Crippen LogP contribution in [-0.4, -0.2) is 61.0 Å². The predicted molar refractivity (Wildman–Crippen MR) is 83.2 cm³/mol. The molecule has 0 spiro atoms. The summed E-state index contributed by atoms with van der Waals surface area (Å²) in [6, 6.07) is 0.499. The Morgan fingerprint density at radius 2 is 1.85 bits per heavy atom. The van der Waals surface area contributed by atoms with Gasteiger partial charge < -0.3 is 10.2 Å². The highest BCUT2D eigenvalue weighted by Crippen LogP contribution is 2.30. The Morgan fingerprint density at radius 1 is 1.15 bits per heavy atom. The lowest BCUT2D eigenvalue weighted by molar-refractivity contribution is -0.138. The zero-order valence-electron chi connectivity index (χ0n) is 12.5. The lowest BCUT2D eigenvalue weighted by Gasteiger charge is -2.38. The Kier molecular flexibility index (Phi) is 5.70. The number of piperazine rings is 1. The Bertz CT molecular complexity index is 327. The maximum atomic E-state index is 12.5. The van der Waals surface area contributed by atoms with Crippen LogP contribution in [0.2, 0.25) is 0 Å². The molecule has 0 aromatic heterocycles. The van der Waals surface area contributed by atoms with Crippen LogP contribution in [0.15, 0.2) is 0 Å². The summed E-state index contributed by atoms with van der Waals surface area (Å²) < 4.78 is 0. The standard InChI is InChI=1S/C15H27N3O.ClH/c1-12-10-14(4-5-16-12)15(19)18-8-6-17(7-9-18)11-13-2-3-13;/h12-14,16H,2-11H2,1H3;1H/t12-,14-;/m0./s1. The fourth-order valence-electron chi connectivity index (χ4n) is 3.43. The van der Waals surface area contributed by atoms with E-state index in [2.05, 4.69) is 22.0 Å². The van der Waals surface area contributed by atoms with Gasteiger partial charge in [0.15, 0.2) is 0 Å². The van der Waals surface area contributed by atoms with Gasteiger partial charge in [-0.3, -0.25) is 9.69 Å². The van der Waals surface area contributed by atoms with Gasteiger partial charge in [0.1, 0.15) is 0 Å². The van der Waals surface area contributed by atoms with Gasteiger partial charge in [-0.25, -0.2) is 0 Å². The first-order chi connectivity index (χ1) is 9.22. The summed E-state index contributed by atoms with van der Waals surface area (Å²) in [5.41, 5.74) is 0. The second-order valence-corrected chi connectivity index (χ2v) is 6.65. The number of hydrogen-bond acceptors (Lipinski definition) is 3. The van der Waals surface area contributed by atoms with Crippen molar-refractivity contribution < 1.29 is 4.79 Å². The number of piperidine rings is 1. The molecule has 2 aliphatic heterocycles. The number of carbonyl (C=O) groups excluding carboxylic acids is 1. The SMILES string of the molecule is C[C@H]1C[C@@H](C(=O)N2CCN(CC3CC3)CC2)CCN1.Cl. The quantitative estimate of drug-likeness (QED) is 0.855. The third kappa shape index (κ3) is 4.09. The van der Waals surface area contributed by atoms with Crippen LogP contribution in [0, 0.1) is 11.8 Å². The molecule has 1 amide bonds. The van der Waals surface area contributed by atoms with Crippen LogP contribution >= 0.6 is 12.4 Å². The molecule has 0 aromatic rings. The van der Waals surface area contributed by atoms with Crippen LogP contribution in [0.25, 0.3) is 0 Å². The van der Waals surface area contributed by atoms with Gasteiger partial charge in [-0.2, -0.15) is 0 Å². The predicted octanol–water partition coefficient (Wildman–Crippen LogP) is 1.35. The number of rotatable bonds is 3. The highest BCUT2D eigenvalue weighted by molar-refractivity contribution is 5.85. The van der Waals surface area contributed by atoms with Crippen molar-refractivity contribution in [2.24, 2.45) is 11.8 Å². The Morgan fingerprint density at radius 3 is 2.45 bits per heavy atom. The van der Waals surface area contributed by atoms with Crippen molar-refractivity contribution in [2.45, 2.75) is 38.6 Å². The lowest BCUT2D eigenvalue weighted by Crippen LogP contribution is -2.52. The van der Waals surface area contributed by atoms with Gasteiger partial charge in [-0.1, -0.05) is 0 Å². The fourth-order valence-corrected chi connectivity index (χ4v) is 3.43. The molecule has 2 heterocycles. The van der Waals surface area contributed by atoms with Gasteiger partial charge in [0.05, 0.1) is 0 Å². The van der Waals surface area contributed by atoms with Gasteiger partial charge in [0.25, 0.3) is 0 Å². The van der Waals surface area contributed by atoms with E-state index in [0.717, 1.165) is 51.5 Å². The number of nitrogens with zero attached hydrogens (tertiary/aromatic N) is 2. The fraction of sp³-hybridized carbons (Fsp3) is 0.933. The topological polar surface area (TPSA) is 35.6 Å². The molecule has 3 rings (SSSR count). The molecule has 20 heavy (non-hydrogen) atoms. The highest BCUT2D eigenvalue weighted by Gasteiger charge is 2.31. The summed E-state index contributed by atoms with van der Waals surface area (Å²) in [5.74, 6) is 1.65. The monoisotopic (exact) mass is 301 g/mol. The summed E-state index contributed by atoms with van der Waals surface area (Å²) in [4.78, 5) is 17.2. The minimum absolute atomic E-state index is 0. The van der Waals surface area contributed by atoms with Gasteiger partial charge in [0, 0.05) is 44.7 Å². The van der Waals surface area contributed by atoms with Crippen LogP contribution < -0.4 is 5.32 Å². The van der Waals surface area contributed by atoms with Crippen LogP contribution in [0.4, 0.5) is 0 Å². The summed E-state index contributed by atoms with van der Waals surface area (Å²) >= 11 is 0. The van der Waals surface area contributed by atoms with Crippen molar-refractivity contribution >= 4 is 18.3 Å². The molecule has 3 aliphatic rings. The highest BCUT2D eigenvalue weighted by atomic mass is 35.5. The van der Waals surface area contributed by atoms with E-state index in [0.29, 0.717) is 11.9 Å². The average molecular weight is 302 g/mol. The van der Waals surface area contributed by atoms with Crippen molar-refractivity contribution in [3.05, 3.63) is 0 Å². The van der Waals surface area contributed by atoms with E-state index < -0.39 is 0 Å². The summed E-state index contributed by atoms with van der Waals surface area (Å²) in [7, 11) is 0. The van der Waals surface area contributed by atoms with Crippen molar-refractivity contribution in [1.82, 2.24) is 15.1 Å². The normalized spacial score (nSPS) is 31.8. The molecule has 0 aromatic carbocycles. The molecule has 1 saturated carbocycles. The molecule has 1 aliphatic carbocycles. The van der Waals surface area contributed by atoms with E-state index >= 15 is 0 Å². The molecule has 3 fully saturated rings. The third-order valence-electron chi connectivity index (χ3n) is 4.87. The van der Waals surface area contributed by atoms with Crippen LogP contribution in [0.5, 0.6) is 0 Å². The largest absolute Gasteiger partial charge is 0.340 e. The molecule has 1 N–H and O–H groups in total. The number of hydrogen-bond donors (Lipinski definition) is 1. The van der Waals surface area contributed by atoms with Crippen molar-refractivity contribution in [2.75, 3.05) is 39.3 Å². The molecule has 0 bridgehead atoms. The maximum absolute atomic E-state index is 12.5. The minimum Gasteiger partial charge on any atom is -0.340 e. The second kappa shape index (κ2) is 7.10. The first-order valence-electron chi connectivity index (χ1n) is 7.97. The van der Waals surface area contributed by atoms with Gasteiger partial charge in [0.2, 0.25) is 5.91 Å².